The molecular formula is C18H28Cl2N2. The summed E-state index contributed by atoms with van der Waals surface area (Å²) in [7, 11) is 0. The molecule has 4 heteroatoms. The van der Waals surface area contributed by atoms with E-state index < -0.39 is 0 Å². The summed E-state index contributed by atoms with van der Waals surface area (Å²) in [4.78, 5) is 0. The van der Waals surface area contributed by atoms with E-state index in [1.54, 1.807) is 0 Å². The Morgan fingerprint density at radius 1 is 0.682 bits per heavy atom. The SMILES string of the molecule is CCCCCCC1=CC(=N\Cl)/C(CCCCCC)=CC/1=N/Cl. The molecule has 1 aliphatic carbocycles. The predicted octanol–water partition coefficient (Wildman–Crippen LogP) is 6.98. The highest BCUT2D eigenvalue weighted by molar-refractivity contribution is 6.33. The summed E-state index contributed by atoms with van der Waals surface area (Å²) in [6.07, 6.45) is 15.9. The predicted molar refractivity (Wildman–Crippen MR) is 100 cm³/mol. The van der Waals surface area contributed by atoms with Crippen LogP contribution in [0.15, 0.2) is 32.3 Å². The van der Waals surface area contributed by atoms with Crippen LogP contribution >= 0.6 is 23.6 Å². The molecule has 0 radical (unpaired) electrons. The van der Waals surface area contributed by atoms with Gasteiger partial charge in [0.25, 0.3) is 0 Å². The lowest BCUT2D eigenvalue weighted by Gasteiger charge is -2.16. The van der Waals surface area contributed by atoms with Crippen LogP contribution in [0.5, 0.6) is 0 Å². The summed E-state index contributed by atoms with van der Waals surface area (Å²) in [5, 5.41) is 0. The van der Waals surface area contributed by atoms with Crippen LogP contribution in [0.1, 0.15) is 78.1 Å². The molecular weight excluding hydrogens is 315 g/mol. The van der Waals surface area contributed by atoms with E-state index >= 15 is 0 Å². The first kappa shape index (κ1) is 19.4. The molecule has 1 rings (SSSR count). The van der Waals surface area contributed by atoms with Crippen LogP contribution in [-0.4, -0.2) is 11.4 Å². The molecule has 124 valence electrons. The van der Waals surface area contributed by atoms with Gasteiger partial charge in [0, 0.05) is 23.6 Å². The summed E-state index contributed by atoms with van der Waals surface area (Å²) < 4.78 is 7.87. The highest BCUT2D eigenvalue weighted by atomic mass is 35.5. The molecule has 1 aliphatic rings. The largest absolute Gasteiger partial charge is 0.178 e. The Balaban J connectivity index is 2.66. The van der Waals surface area contributed by atoms with Crippen LogP contribution in [0.4, 0.5) is 0 Å². The highest BCUT2D eigenvalue weighted by Gasteiger charge is 2.17. The van der Waals surface area contributed by atoms with Gasteiger partial charge in [-0.2, -0.15) is 9.02 Å². The van der Waals surface area contributed by atoms with E-state index in [4.69, 9.17) is 23.6 Å². The maximum absolute atomic E-state index is 5.78. The molecule has 0 N–H and O–H groups in total. The van der Waals surface area contributed by atoms with Gasteiger partial charge in [-0.25, -0.2) is 0 Å². The molecule has 0 aromatic heterocycles. The van der Waals surface area contributed by atoms with Crippen molar-refractivity contribution in [3.05, 3.63) is 23.3 Å². The molecule has 0 unspecified atom stereocenters. The Bertz CT molecular complexity index is 406. The van der Waals surface area contributed by atoms with Crippen molar-refractivity contribution in [1.82, 2.24) is 0 Å². The van der Waals surface area contributed by atoms with Crippen molar-refractivity contribution >= 4 is 35.0 Å². The number of rotatable bonds is 10. The van der Waals surface area contributed by atoms with Crippen LogP contribution in [0.3, 0.4) is 0 Å². The van der Waals surface area contributed by atoms with Crippen LogP contribution in [0.2, 0.25) is 0 Å². The smallest absolute Gasteiger partial charge is 0.0813 e. The fourth-order valence-corrected chi connectivity index (χ4v) is 3.02. The number of nitrogens with zero attached hydrogens (tertiary/aromatic N) is 2. The number of unbranched alkanes of at least 4 members (excludes halogenated alkanes) is 6. The molecule has 0 bridgehead atoms. The molecule has 0 aromatic carbocycles. The fraction of sp³-hybridized carbons (Fsp3) is 0.667. The standard InChI is InChI=1S/C18H28Cl2N2/c1-3-5-7-9-11-15-13-18(22-20)16(14-17(15)21-19)12-10-8-6-4-2/h13-14H,3-12H2,1-2H3/b21-17-,22-18+. The maximum atomic E-state index is 5.78. The van der Waals surface area contributed by atoms with E-state index in [1.807, 2.05) is 0 Å². The zero-order valence-electron chi connectivity index (χ0n) is 13.9. The molecule has 0 fully saturated rings. The summed E-state index contributed by atoms with van der Waals surface area (Å²) >= 11 is 11.6. The third kappa shape index (κ3) is 6.66. The average molecular weight is 343 g/mol. The first-order valence-corrected chi connectivity index (χ1v) is 9.24. The van der Waals surface area contributed by atoms with Gasteiger partial charge in [0.05, 0.1) is 11.4 Å². The van der Waals surface area contributed by atoms with Crippen LogP contribution < -0.4 is 0 Å². The zero-order valence-corrected chi connectivity index (χ0v) is 15.4. The van der Waals surface area contributed by atoms with Gasteiger partial charge in [0.1, 0.15) is 0 Å². The van der Waals surface area contributed by atoms with Gasteiger partial charge >= 0.3 is 0 Å². The molecule has 0 saturated heterocycles. The lowest BCUT2D eigenvalue weighted by molar-refractivity contribution is 0.668. The van der Waals surface area contributed by atoms with E-state index in [0.717, 1.165) is 48.3 Å². The minimum absolute atomic E-state index is 0.882. The second-order valence-electron chi connectivity index (χ2n) is 5.90. The van der Waals surface area contributed by atoms with Crippen molar-refractivity contribution in [2.45, 2.75) is 78.1 Å². The Labute approximate surface area is 145 Å². The van der Waals surface area contributed by atoms with Crippen LogP contribution in [0.25, 0.3) is 0 Å². The summed E-state index contributed by atoms with van der Waals surface area (Å²) in [6.45, 7) is 4.44. The van der Waals surface area contributed by atoms with Crippen LogP contribution in [0, 0.1) is 0 Å². The lowest BCUT2D eigenvalue weighted by Crippen LogP contribution is -2.13. The van der Waals surface area contributed by atoms with Crippen molar-refractivity contribution in [1.29, 1.82) is 0 Å². The number of hydrogen-bond donors (Lipinski definition) is 0. The van der Waals surface area contributed by atoms with Gasteiger partial charge in [0.15, 0.2) is 0 Å². The first-order valence-electron chi connectivity index (χ1n) is 8.56. The monoisotopic (exact) mass is 342 g/mol. The lowest BCUT2D eigenvalue weighted by atomic mass is 9.90. The van der Waals surface area contributed by atoms with E-state index in [0.29, 0.717) is 0 Å². The molecule has 22 heavy (non-hydrogen) atoms. The third-order valence-corrected chi connectivity index (χ3v) is 4.43. The van der Waals surface area contributed by atoms with E-state index in [-0.39, 0.29) is 0 Å². The van der Waals surface area contributed by atoms with Gasteiger partial charge < -0.3 is 0 Å². The number of allylic oxidation sites excluding steroid dienone is 4. The topological polar surface area (TPSA) is 24.7 Å². The number of halogens is 2. The van der Waals surface area contributed by atoms with Crippen molar-refractivity contribution in [3.8, 4) is 0 Å². The van der Waals surface area contributed by atoms with Crippen molar-refractivity contribution < 1.29 is 0 Å². The average Bonchev–Trinajstić information content (AvgIpc) is 2.55. The summed E-state index contributed by atoms with van der Waals surface area (Å²) in [5.74, 6) is 0. The van der Waals surface area contributed by atoms with E-state index in [9.17, 15) is 0 Å². The minimum Gasteiger partial charge on any atom is -0.178 e. The van der Waals surface area contributed by atoms with Crippen molar-refractivity contribution in [2.75, 3.05) is 0 Å². The summed E-state index contributed by atoms with van der Waals surface area (Å²) in [5.41, 5.74) is 4.08. The fourth-order valence-electron chi connectivity index (χ4n) is 2.71. The minimum atomic E-state index is 0.882. The normalized spacial score (nSPS) is 18.7. The van der Waals surface area contributed by atoms with Gasteiger partial charge in [0.2, 0.25) is 0 Å². The number of hydrogen-bond acceptors (Lipinski definition) is 2. The Morgan fingerprint density at radius 2 is 1.09 bits per heavy atom. The Morgan fingerprint density at radius 3 is 1.41 bits per heavy atom. The van der Waals surface area contributed by atoms with Gasteiger partial charge in [-0.15, -0.1) is 0 Å². The molecule has 0 amide bonds. The molecule has 0 spiro atoms. The van der Waals surface area contributed by atoms with Crippen molar-refractivity contribution in [3.63, 3.8) is 0 Å². The van der Waals surface area contributed by atoms with Crippen molar-refractivity contribution in [2.24, 2.45) is 9.02 Å². The van der Waals surface area contributed by atoms with E-state index in [1.165, 1.54) is 38.5 Å². The maximum Gasteiger partial charge on any atom is 0.0813 e. The molecule has 0 heterocycles. The van der Waals surface area contributed by atoms with Gasteiger partial charge in [-0.3, -0.25) is 0 Å². The van der Waals surface area contributed by atoms with Gasteiger partial charge in [-0.1, -0.05) is 52.4 Å². The Kier molecular flexibility index (Phi) is 10.5. The van der Waals surface area contributed by atoms with E-state index in [2.05, 4.69) is 35.0 Å². The zero-order chi connectivity index (χ0) is 16.2. The Hall–Kier alpha value is -0.600. The molecule has 0 atom stereocenters. The quantitative estimate of drug-likeness (QED) is 0.302. The molecule has 0 aliphatic heterocycles. The molecule has 0 aromatic rings. The second-order valence-corrected chi connectivity index (χ2v) is 6.24. The third-order valence-electron chi connectivity index (χ3n) is 4.06. The summed E-state index contributed by atoms with van der Waals surface area (Å²) in [6, 6.07) is 0. The first-order chi connectivity index (χ1) is 10.8. The molecule has 2 nitrogen and oxygen atoms in total. The van der Waals surface area contributed by atoms with Gasteiger partial charge in [-0.05, 0) is 49.0 Å². The second kappa shape index (κ2) is 11.9. The highest BCUT2D eigenvalue weighted by Crippen LogP contribution is 2.24. The van der Waals surface area contributed by atoms with Crippen LogP contribution in [-0.2, 0) is 0 Å². The molecule has 0 saturated carbocycles.